The zero-order valence-electron chi connectivity index (χ0n) is 15.8. The minimum atomic E-state index is -0.441. The molecule has 1 amide bonds. The van der Waals surface area contributed by atoms with Gasteiger partial charge in [0.1, 0.15) is 5.75 Å². The molecule has 2 saturated heterocycles. The number of halogens is 2. The first-order chi connectivity index (χ1) is 12.2. The first kappa shape index (κ1) is 23.8. The Morgan fingerprint density at radius 3 is 2.78 bits per heavy atom. The lowest BCUT2D eigenvalue weighted by molar-refractivity contribution is -0.136. The van der Waals surface area contributed by atoms with Crippen LogP contribution in [-0.4, -0.2) is 52.4 Å². The van der Waals surface area contributed by atoms with E-state index in [0.717, 1.165) is 38.1 Å². The molecule has 3 N–H and O–H groups in total. The fourth-order valence-corrected chi connectivity index (χ4v) is 3.75. The number of hydrogen-bond acceptors (Lipinski definition) is 5. The van der Waals surface area contributed by atoms with Crippen molar-refractivity contribution in [1.82, 2.24) is 5.32 Å². The lowest BCUT2D eigenvalue weighted by atomic mass is 9.79. The van der Waals surface area contributed by atoms with Crippen molar-refractivity contribution < 1.29 is 14.3 Å². The van der Waals surface area contributed by atoms with Crippen LogP contribution in [0.2, 0.25) is 0 Å². The van der Waals surface area contributed by atoms with Crippen LogP contribution < -0.4 is 20.7 Å². The molecule has 2 fully saturated rings. The van der Waals surface area contributed by atoms with E-state index in [-0.39, 0.29) is 30.7 Å². The summed E-state index contributed by atoms with van der Waals surface area (Å²) in [6, 6.07) is 8.14. The third kappa shape index (κ3) is 5.64. The molecule has 6 nitrogen and oxygen atoms in total. The molecule has 0 spiro atoms. The van der Waals surface area contributed by atoms with Gasteiger partial charge in [0.05, 0.1) is 12.5 Å². The van der Waals surface area contributed by atoms with Crippen molar-refractivity contribution in [3.05, 3.63) is 24.3 Å². The first-order valence-corrected chi connectivity index (χ1v) is 9.12. The van der Waals surface area contributed by atoms with Crippen molar-refractivity contribution in [3.8, 4) is 5.75 Å². The second kappa shape index (κ2) is 11.0. The first-order valence-electron chi connectivity index (χ1n) is 9.12. The Labute approximate surface area is 174 Å². The molecule has 2 aliphatic heterocycles. The molecule has 154 valence electrons. The molecule has 1 aromatic rings. The van der Waals surface area contributed by atoms with Crippen LogP contribution in [0.15, 0.2) is 24.3 Å². The zero-order chi connectivity index (χ0) is 17.7. The van der Waals surface area contributed by atoms with Gasteiger partial charge < -0.3 is 25.4 Å². The molecule has 0 saturated carbocycles. The Balaban J connectivity index is 0.00000182. The number of benzene rings is 1. The summed E-state index contributed by atoms with van der Waals surface area (Å²) < 4.78 is 10.7. The number of rotatable bonds is 6. The molecule has 27 heavy (non-hydrogen) atoms. The molecule has 1 unspecified atom stereocenters. The largest absolute Gasteiger partial charge is 0.497 e. The highest BCUT2D eigenvalue weighted by Crippen LogP contribution is 2.30. The van der Waals surface area contributed by atoms with Crippen molar-refractivity contribution in [2.75, 3.05) is 51.4 Å². The molecule has 1 aromatic carbocycles. The van der Waals surface area contributed by atoms with Crippen LogP contribution in [0.3, 0.4) is 0 Å². The van der Waals surface area contributed by atoms with Crippen LogP contribution in [0.5, 0.6) is 5.75 Å². The van der Waals surface area contributed by atoms with E-state index in [4.69, 9.17) is 15.2 Å². The summed E-state index contributed by atoms with van der Waals surface area (Å²) in [5.41, 5.74) is 6.65. The summed E-state index contributed by atoms with van der Waals surface area (Å²) >= 11 is 0. The highest BCUT2D eigenvalue weighted by Gasteiger charge is 2.39. The third-order valence-electron chi connectivity index (χ3n) is 5.58. The summed E-state index contributed by atoms with van der Waals surface area (Å²) in [5.74, 6) is 1.43. The van der Waals surface area contributed by atoms with E-state index in [1.807, 2.05) is 12.1 Å². The van der Waals surface area contributed by atoms with Gasteiger partial charge in [0, 0.05) is 51.1 Å². The summed E-state index contributed by atoms with van der Waals surface area (Å²) in [7, 11) is 1.69. The molecule has 3 rings (SSSR count). The number of anilines is 1. The van der Waals surface area contributed by atoms with Crippen molar-refractivity contribution in [1.29, 1.82) is 0 Å². The zero-order valence-corrected chi connectivity index (χ0v) is 17.4. The Bertz CT molecular complexity index is 597. The summed E-state index contributed by atoms with van der Waals surface area (Å²) in [5, 5.41) is 3.15. The molecule has 0 bridgehead atoms. The highest BCUT2D eigenvalue weighted by atomic mass is 35.5. The number of nitrogens with zero attached hydrogens (tertiary/aromatic N) is 1. The summed E-state index contributed by atoms with van der Waals surface area (Å²) in [4.78, 5) is 15.0. The van der Waals surface area contributed by atoms with Crippen LogP contribution in [-0.2, 0) is 9.53 Å². The van der Waals surface area contributed by atoms with Gasteiger partial charge in [0.2, 0.25) is 5.91 Å². The number of methoxy groups -OCH3 is 1. The predicted octanol–water partition coefficient (Wildman–Crippen LogP) is 2.24. The maximum atomic E-state index is 12.7. The Hall–Kier alpha value is -1.21. The second-order valence-corrected chi connectivity index (χ2v) is 7.11. The van der Waals surface area contributed by atoms with E-state index in [1.54, 1.807) is 7.11 Å². The van der Waals surface area contributed by atoms with Crippen molar-refractivity contribution >= 4 is 36.4 Å². The smallest absolute Gasteiger partial charge is 0.227 e. The second-order valence-electron chi connectivity index (χ2n) is 7.11. The maximum absolute atomic E-state index is 12.7. The van der Waals surface area contributed by atoms with Crippen LogP contribution in [0.25, 0.3) is 0 Å². The van der Waals surface area contributed by atoms with Gasteiger partial charge in [-0.05, 0) is 37.3 Å². The van der Waals surface area contributed by atoms with Gasteiger partial charge in [0.25, 0.3) is 0 Å². The van der Waals surface area contributed by atoms with Crippen LogP contribution in [0, 0.1) is 11.3 Å². The van der Waals surface area contributed by atoms with Crippen LogP contribution in [0.4, 0.5) is 5.69 Å². The van der Waals surface area contributed by atoms with E-state index >= 15 is 0 Å². The molecule has 1 atom stereocenters. The summed E-state index contributed by atoms with van der Waals surface area (Å²) in [6.45, 7) is 4.30. The van der Waals surface area contributed by atoms with Gasteiger partial charge >= 0.3 is 0 Å². The van der Waals surface area contributed by atoms with E-state index < -0.39 is 5.41 Å². The molecule has 8 heteroatoms. The number of carbonyl (C=O) groups excluding carboxylic acids is 1. The standard InChI is InChI=1S/C19H29N3O3.2ClH/c1-24-17-4-2-3-16(11-17)22-8-5-15(13-22)12-21-18(23)19(14-20)6-9-25-10-7-19;;/h2-4,11,15H,5-10,12-14,20H2,1H3,(H,21,23);2*1H. The Morgan fingerprint density at radius 2 is 2.11 bits per heavy atom. The van der Waals surface area contributed by atoms with Gasteiger partial charge in [-0.3, -0.25) is 4.79 Å². The number of hydrogen-bond donors (Lipinski definition) is 2. The monoisotopic (exact) mass is 419 g/mol. The fourth-order valence-electron chi connectivity index (χ4n) is 3.75. The minimum absolute atomic E-state index is 0. The van der Waals surface area contributed by atoms with Gasteiger partial charge in [-0.15, -0.1) is 24.8 Å². The topological polar surface area (TPSA) is 76.8 Å². The van der Waals surface area contributed by atoms with Crippen molar-refractivity contribution in [3.63, 3.8) is 0 Å². The van der Waals surface area contributed by atoms with Crippen molar-refractivity contribution in [2.45, 2.75) is 19.3 Å². The lowest BCUT2D eigenvalue weighted by Crippen LogP contribution is -2.50. The van der Waals surface area contributed by atoms with E-state index in [1.165, 1.54) is 5.69 Å². The van der Waals surface area contributed by atoms with Crippen LogP contribution in [0.1, 0.15) is 19.3 Å². The number of amides is 1. The number of carbonyl (C=O) groups is 1. The molecular weight excluding hydrogens is 389 g/mol. The molecule has 0 radical (unpaired) electrons. The third-order valence-corrected chi connectivity index (χ3v) is 5.58. The number of nitrogens with two attached hydrogens (primary N) is 1. The van der Waals surface area contributed by atoms with E-state index in [0.29, 0.717) is 32.2 Å². The minimum Gasteiger partial charge on any atom is -0.497 e. The molecule has 0 aliphatic carbocycles. The van der Waals surface area contributed by atoms with Crippen LogP contribution >= 0.6 is 24.8 Å². The Kier molecular flexibility index (Phi) is 9.67. The predicted molar refractivity (Wildman–Crippen MR) is 112 cm³/mol. The van der Waals surface area contributed by atoms with Gasteiger partial charge in [-0.1, -0.05) is 6.07 Å². The SMILES string of the molecule is COc1cccc(N2CCC(CNC(=O)C3(CN)CCOCC3)C2)c1.Cl.Cl. The van der Waals surface area contributed by atoms with Crippen molar-refractivity contribution in [2.24, 2.45) is 17.1 Å². The van der Waals surface area contributed by atoms with Gasteiger partial charge in [0.15, 0.2) is 0 Å². The molecule has 0 aromatic heterocycles. The lowest BCUT2D eigenvalue weighted by Gasteiger charge is -2.34. The molecule has 2 aliphatic rings. The van der Waals surface area contributed by atoms with Gasteiger partial charge in [-0.2, -0.15) is 0 Å². The van der Waals surface area contributed by atoms with Gasteiger partial charge in [-0.25, -0.2) is 0 Å². The van der Waals surface area contributed by atoms with E-state index in [9.17, 15) is 4.79 Å². The molecular formula is C19H31Cl2N3O3. The quantitative estimate of drug-likeness (QED) is 0.738. The average molecular weight is 420 g/mol. The molecule has 2 heterocycles. The average Bonchev–Trinajstić information content (AvgIpc) is 3.15. The highest BCUT2D eigenvalue weighted by molar-refractivity contribution is 5.85. The number of nitrogens with one attached hydrogen (secondary N) is 1. The summed E-state index contributed by atoms with van der Waals surface area (Å²) in [6.07, 6.45) is 2.52. The Morgan fingerprint density at radius 1 is 1.37 bits per heavy atom. The number of ether oxygens (including phenoxy) is 2. The van der Waals surface area contributed by atoms with E-state index in [2.05, 4.69) is 22.3 Å². The normalized spacial score (nSPS) is 21.0. The fraction of sp³-hybridized carbons (Fsp3) is 0.632. The maximum Gasteiger partial charge on any atom is 0.227 e.